The molecule has 4 heterocycles. The Kier molecular flexibility index (Phi) is 11.1. The number of aryl methyl sites for hydroxylation is 1. The summed E-state index contributed by atoms with van der Waals surface area (Å²) in [5.74, 6) is 2.70. The van der Waals surface area contributed by atoms with Gasteiger partial charge < -0.3 is 4.42 Å². The molecule has 0 fully saturated rings. The largest absolute Gasteiger partial charge is 0.456 e. The van der Waals surface area contributed by atoms with Crippen LogP contribution in [0.25, 0.3) is 122 Å². The fourth-order valence-electron chi connectivity index (χ4n) is 12.3. The van der Waals surface area contributed by atoms with E-state index < -0.39 is 0 Å². The number of rotatable bonds is 11. The Hall–Kier alpha value is -9.32. The summed E-state index contributed by atoms with van der Waals surface area (Å²) in [7, 11) is 0. The molecule has 0 N–H and O–H groups in total. The average Bonchev–Trinajstić information content (AvgIpc) is 4.31. The second-order valence-corrected chi connectivity index (χ2v) is 20.2. The minimum absolute atomic E-state index is 0.343. The van der Waals surface area contributed by atoms with E-state index in [1.807, 2.05) is 0 Å². The normalized spacial score (nSPS) is 12.2. The molecule has 4 aromatic heterocycles. The van der Waals surface area contributed by atoms with E-state index in [-0.39, 0.29) is 0 Å². The van der Waals surface area contributed by atoms with E-state index in [9.17, 15) is 0 Å². The van der Waals surface area contributed by atoms with Crippen LogP contribution in [-0.4, -0.2) is 19.1 Å². The van der Waals surface area contributed by atoms with Gasteiger partial charge in [-0.15, -0.1) is 0 Å². The van der Waals surface area contributed by atoms with Gasteiger partial charge in [0, 0.05) is 43.4 Å². The molecular weight excluding hydrogens is 925 g/mol. The van der Waals surface area contributed by atoms with Crippen molar-refractivity contribution >= 4 is 65.6 Å². The molecule has 1 atom stereocenters. The molecular formula is C71H54N4O. The Labute approximate surface area is 442 Å². The lowest BCUT2D eigenvalue weighted by atomic mass is 9.85. The quantitative estimate of drug-likeness (QED) is 0.130. The number of nitrogens with zero attached hydrogens (tertiary/aromatic N) is 4. The minimum atomic E-state index is 0.343. The van der Waals surface area contributed by atoms with Crippen LogP contribution < -0.4 is 0 Å². The van der Waals surface area contributed by atoms with Gasteiger partial charge in [0.25, 0.3) is 0 Å². The number of hydrogen-bond donors (Lipinski definition) is 0. The maximum Gasteiger partial charge on any atom is 0.164 e. The third kappa shape index (κ3) is 7.37. The van der Waals surface area contributed by atoms with Crippen molar-refractivity contribution in [1.29, 1.82) is 0 Å². The summed E-state index contributed by atoms with van der Waals surface area (Å²) < 4.78 is 11.6. The molecule has 364 valence electrons. The Bertz CT molecular complexity index is 4490. The number of hydrogen-bond acceptors (Lipinski definition) is 3. The van der Waals surface area contributed by atoms with Gasteiger partial charge in [-0.2, -0.15) is 0 Å². The minimum Gasteiger partial charge on any atom is -0.456 e. The lowest BCUT2D eigenvalue weighted by molar-refractivity contribution is 0.661. The van der Waals surface area contributed by atoms with Crippen molar-refractivity contribution in [2.45, 2.75) is 46.0 Å². The van der Waals surface area contributed by atoms with Crippen LogP contribution in [0.3, 0.4) is 0 Å². The Morgan fingerprint density at radius 2 is 1.01 bits per heavy atom. The molecule has 0 aliphatic carbocycles. The number of para-hydroxylation sites is 3. The second kappa shape index (κ2) is 18.6. The zero-order valence-electron chi connectivity index (χ0n) is 42.8. The van der Waals surface area contributed by atoms with Gasteiger partial charge in [0.15, 0.2) is 5.82 Å². The van der Waals surface area contributed by atoms with Crippen LogP contribution in [0.2, 0.25) is 0 Å². The smallest absolute Gasteiger partial charge is 0.164 e. The van der Waals surface area contributed by atoms with Crippen LogP contribution in [-0.2, 0) is 12.8 Å². The predicted molar refractivity (Wildman–Crippen MR) is 317 cm³/mol. The van der Waals surface area contributed by atoms with Gasteiger partial charge in [0.2, 0.25) is 0 Å². The zero-order chi connectivity index (χ0) is 50.9. The van der Waals surface area contributed by atoms with Crippen molar-refractivity contribution < 1.29 is 4.42 Å². The number of fused-ring (bicyclic) bond motifs is 9. The maximum absolute atomic E-state index is 6.75. The zero-order valence-corrected chi connectivity index (χ0v) is 42.8. The van der Waals surface area contributed by atoms with Crippen molar-refractivity contribution in [3.8, 4) is 56.4 Å². The third-order valence-electron chi connectivity index (χ3n) is 16.0. The topological polar surface area (TPSA) is 48.8 Å². The van der Waals surface area contributed by atoms with Crippen LogP contribution in [0.4, 0.5) is 0 Å². The molecule has 0 saturated carbocycles. The van der Waals surface area contributed by atoms with Crippen molar-refractivity contribution in [3.05, 3.63) is 253 Å². The van der Waals surface area contributed by atoms with Crippen LogP contribution in [0.5, 0.6) is 0 Å². The first kappa shape index (κ1) is 45.3. The molecule has 0 spiro atoms. The summed E-state index contributed by atoms with van der Waals surface area (Å²) in [5, 5.41) is 6.91. The van der Waals surface area contributed by atoms with Crippen LogP contribution in [0.1, 0.15) is 48.4 Å². The van der Waals surface area contributed by atoms with Gasteiger partial charge in [-0.1, -0.05) is 208 Å². The fourth-order valence-corrected chi connectivity index (χ4v) is 12.3. The molecule has 5 heteroatoms. The summed E-state index contributed by atoms with van der Waals surface area (Å²) in [6.45, 7) is 6.88. The van der Waals surface area contributed by atoms with E-state index in [2.05, 4.69) is 260 Å². The molecule has 0 amide bonds. The fraction of sp³-hybridized carbons (Fsp3) is 0.0986. The molecule has 76 heavy (non-hydrogen) atoms. The van der Waals surface area contributed by atoms with Crippen LogP contribution >= 0.6 is 0 Å². The maximum atomic E-state index is 6.75. The van der Waals surface area contributed by atoms with Crippen molar-refractivity contribution in [1.82, 2.24) is 19.1 Å². The molecule has 0 aliphatic rings. The lowest BCUT2D eigenvalue weighted by Crippen LogP contribution is -2.12. The third-order valence-corrected chi connectivity index (χ3v) is 16.0. The summed E-state index contributed by atoms with van der Waals surface area (Å²) in [6, 6.07) is 83.3. The Morgan fingerprint density at radius 1 is 0.434 bits per heavy atom. The van der Waals surface area contributed by atoms with Gasteiger partial charge in [0.1, 0.15) is 22.8 Å². The second-order valence-electron chi connectivity index (χ2n) is 20.2. The van der Waals surface area contributed by atoms with E-state index >= 15 is 0 Å². The van der Waals surface area contributed by atoms with Crippen molar-refractivity contribution in [2.75, 3.05) is 0 Å². The summed E-state index contributed by atoms with van der Waals surface area (Å²) in [6.07, 6.45) is 2.64. The van der Waals surface area contributed by atoms with E-state index in [1.54, 1.807) is 0 Å². The van der Waals surface area contributed by atoms with Gasteiger partial charge in [0.05, 0.1) is 22.1 Å². The first-order valence-electron chi connectivity index (χ1n) is 26.7. The average molecular weight is 979 g/mol. The lowest BCUT2D eigenvalue weighted by Gasteiger charge is -2.21. The highest BCUT2D eigenvalue weighted by atomic mass is 16.3. The number of benzene rings is 10. The summed E-state index contributed by atoms with van der Waals surface area (Å²) in [5.41, 5.74) is 19.2. The van der Waals surface area contributed by atoms with E-state index in [0.29, 0.717) is 18.2 Å². The van der Waals surface area contributed by atoms with Crippen molar-refractivity contribution in [3.63, 3.8) is 0 Å². The molecule has 0 bridgehead atoms. The Morgan fingerprint density at radius 3 is 1.72 bits per heavy atom. The molecule has 5 nitrogen and oxygen atoms in total. The van der Waals surface area contributed by atoms with Crippen molar-refractivity contribution in [2.24, 2.45) is 0 Å². The first-order valence-corrected chi connectivity index (χ1v) is 26.7. The van der Waals surface area contributed by atoms with Crippen LogP contribution in [0.15, 0.2) is 235 Å². The molecule has 14 rings (SSSR count). The SMILES string of the molecule is CCc1c(-n2c3ccccc3c3ccccc32)nc(-c2ccc3c(c2)oc2cccc(-c4ccccc4)c23)nc1-n1c2ccccc2c2ccc(-c3ccccc3CC(CC)c3cccc(-c4ccccc4)c3)c(C)c21. The summed E-state index contributed by atoms with van der Waals surface area (Å²) in [4.78, 5) is 11.5. The molecule has 14 aromatic rings. The summed E-state index contributed by atoms with van der Waals surface area (Å²) >= 11 is 0. The highest BCUT2D eigenvalue weighted by Gasteiger charge is 2.26. The first-order chi connectivity index (χ1) is 37.5. The molecule has 10 aromatic carbocycles. The Balaban J connectivity index is 0.992. The predicted octanol–water partition coefficient (Wildman–Crippen LogP) is 18.8. The standard InChI is InChI=1S/C71H54N4O/c1-4-46(49-27-20-28-50(43-49)47-22-8-6-9-23-47)42-51-26-12-13-29-55(51)54-40-41-60-59-32-16-19-36-64(59)75(68(60)45(54)3)71-53(5-2)70(74-62-34-17-14-30-57(62)58-31-15-18-35-63(58)74)72-69(73-71)52-38-39-61-66(44-52)76-65-37-21-33-56(67(61)65)48-24-10-7-11-25-48/h6-41,43-44,46H,4-5,42H2,1-3H3. The van der Waals surface area contributed by atoms with Gasteiger partial charge in [-0.25, -0.2) is 9.97 Å². The molecule has 0 radical (unpaired) electrons. The van der Waals surface area contributed by atoms with Gasteiger partial charge >= 0.3 is 0 Å². The van der Waals surface area contributed by atoms with E-state index in [1.165, 1.54) is 60.5 Å². The van der Waals surface area contributed by atoms with Gasteiger partial charge in [-0.3, -0.25) is 9.13 Å². The van der Waals surface area contributed by atoms with E-state index in [4.69, 9.17) is 14.4 Å². The number of furan rings is 1. The highest BCUT2D eigenvalue weighted by molar-refractivity contribution is 6.14. The van der Waals surface area contributed by atoms with Crippen LogP contribution in [0, 0.1) is 6.92 Å². The molecule has 0 saturated heterocycles. The number of aromatic nitrogens is 4. The highest BCUT2D eigenvalue weighted by Crippen LogP contribution is 2.44. The molecule has 0 aliphatic heterocycles. The van der Waals surface area contributed by atoms with E-state index in [0.717, 1.165) is 90.7 Å². The monoisotopic (exact) mass is 978 g/mol. The molecule has 1 unspecified atom stereocenters. The van der Waals surface area contributed by atoms with Gasteiger partial charge in [-0.05, 0) is 119 Å².